The molecule has 0 aliphatic carbocycles. The molecule has 0 saturated carbocycles. The lowest BCUT2D eigenvalue weighted by molar-refractivity contribution is -0.120. The van der Waals surface area contributed by atoms with Crippen molar-refractivity contribution in [1.29, 1.82) is 0 Å². The van der Waals surface area contributed by atoms with Crippen LogP contribution in [0.2, 0.25) is 0 Å². The van der Waals surface area contributed by atoms with E-state index in [1.807, 2.05) is 11.8 Å². The highest BCUT2D eigenvalue weighted by atomic mass is 32.2. The van der Waals surface area contributed by atoms with E-state index in [0.29, 0.717) is 17.8 Å². The fourth-order valence-electron chi connectivity index (χ4n) is 3.70. The molecular weight excluding hydrogens is 473 g/mol. The topological polar surface area (TPSA) is 108 Å². The molecule has 12 heteroatoms. The molecule has 1 aliphatic heterocycles. The van der Waals surface area contributed by atoms with Gasteiger partial charge in [0.25, 0.3) is 5.91 Å². The number of hydrogen-bond acceptors (Lipinski definition) is 6. The molecule has 1 unspecified atom stereocenters. The molecule has 0 spiro atoms. The smallest absolute Gasteiger partial charge is 0.369 e. The van der Waals surface area contributed by atoms with Crippen LogP contribution in [-0.2, 0) is 21.2 Å². The summed E-state index contributed by atoms with van der Waals surface area (Å²) >= 11 is 0. The van der Waals surface area contributed by atoms with Gasteiger partial charge in [0.15, 0.2) is 9.84 Å². The van der Waals surface area contributed by atoms with E-state index in [2.05, 4.69) is 10.6 Å². The van der Waals surface area contributed by atoms with E-state index in [4.69, 9.17) is 0 Å². The number of sulfone groups is 1. The van der Waals surface area contributed by atoms with Crippen molar-refractivity contribution in [2.24, 2.45) is 0 Å². The molecule has 3 N–H and O–H groups in total. The highest BCUT2D eigenvalue weighted by Crippen LogP contribution is 2.35. The Morgan fingerprint density at radius 1 is 1.12 bits per heavy atom. The van der Waals surface area contributed by atoms with Crippen LogP contribution in [0.1, 0.15) is 29.3 Å². The molecule has 1 atom stereocenters. The van der Waals surface area contributed by atoms with Gasteiger partial charge in [0.05, 0.1) is 15.8 Å². The number of halogens is 3. The molecule has 2 aromatic rings. The predicted octanol–water partition coefficient (Wildman–Crippen LogP) is 2.67. The average Bonchev–Trinajstić information content (AvgIpc) is 2.78. The van der Waals surface area contributed by atoms with Gasteiger partial charge in [0.2, 0.25) is 5.91 Å². The zero-order valence-electron chi connectivity index (χ0n) is 18.6. The molecule has 1 heterocycles. The van der Waals surface area contributed by atoms with E-state index in [1.165, 1.54) is 54.8 Å². The third kappa shape index (κ3) is 5.79. The summed E-state index contributed by atoms with van der Waals surface area (Å²) in [5, 5.41) is 5.63. The van der Waals surface area contributed by atoms with Crippen LogP contribution in [-0.4, -0.2) is 51.9 Å². The lowest BCUT2D eigenvalue weighted by Crippen LogP contribution is -2.44. The number of amides is 2. The second-order valence-electron chi connectivity index (χ2n) is 7.77. The fraction of sp³-hybridized carbons (Fsp3) is 0.364. The predicted molar refractivity (Wildman–Crippen MR) is 121 cm³/mol. The quantitative estimate of drug-likeness (QED) is 0.507. The summed E-state index contributed by atoms with van der Waals surface area (Å²) in [6.45, 7) is 2.54. The van der Waals surface area contributed by atoms with Gasteiger partial charge < -0.3 is 15.5 Å². The molecule has 0 aromatic heterocycles. The highest BCUT2D eigenvalue weighted by molar-refractivity contribution is 7.92. The molecule has 8 nitrogen and oxygen atoms in total. The monoisotopic (exact) mass is 498 g/mol. The average molecular weight is 499 g/mol. The number of carbonyl (C=O) groups is 2. The van der Waals surface area contributed by atoms with Crippen molar-refractivity contribution in [2.45, 2.75) is 36.3 Å². The minimum Gasteiger partial charge on any atom is -0.369 e. The number of hydrogen-bond donors (Lipinski definition) is 3. The molecule has 2 aromatic carbocycles. The Bertz CT molecular complexity index is 1170. The van der Waals surface area contributed by atoms with E-state index in [9.17, 15) is 31.2 Å². The molecule has 0 bridgehead atoms. The van der Waals surface area contributed by atoms with Crippen LogP contribution in [0.3, 0.4) is 0 Å². The van der Waals surface area contributed by atoms with E-state index in [-0.39, 0.29) is 41.6 Å². The summed E-state index contributed by atoms with van der Waals surface area (Å²) in [5.74, 6) is -0.826. The van der Waals surface area contributed by atoms with Crippen molar-refractivity contribution in [3.8, 4) is 0 Å². The summed E-state index contributed by atoms with van der Waals surface area (Å²) in [5.41, 5.74) is 1.11. The Kier molecular flexibility index (Phi) is 7.39. The third-order valence-electron chi connectivity index (χ3n) is 5.50. The summed E-state index contributed by atoms with van der Waals surface area (Å²) in [6.07, 6.45) is -4.70. The maximum absolute atomic E-state index is 13.0. The third-order valence-corrected chi connectivity index (χ3v) is 7.65. The minimum absolute atomic E-state index is 0.0683. The number of anilines is 2. The van der Waals surface area contributed by atoms with Gasteiger partial charge >= 0.3 is 6.30 Å². The van der Waals surface area contributed by atoms with Crippen LogP contribution in [0.5, 0.6) is 0 Å². The van der Waals surface area contributed by atoms with Gasteiger partial charge in [-0.25, -0.2) is 8.42 Å². The van der Waals surface area contributed by atoms with Gasteiger partial charge in [-0.2, -0.15) is 13.2 Å². The first-order chi connectivity index (χ1) is 15.9. The summed E-state index contributed by atoms with van der Waals surface area (Å²) in [7, 11) is -2.32. The normalized spacial score (nSPS) is 17.0. The van der Waals surface area contributed by atoms with Crippen molar-refractivity contribution in [3.05, 3.63) is 53.6 Å². The first-order valence-corrected chi connectivity index (χ1v) is 12.0. The fourth-order valence-corrected chi connectivity index (χ4v) is 5.55. The van der Waals surface area contributed by atoms with Crippen molar-refractivity contribution in [2.75, 3.05) is 30.4 Å². The molecule has 184 valence electrons. The Morgan fingerprint density at radius 3 is 2.38 bits per heavy atom. The number of carbonyl (C=O) groups excluding carboxylic acids is 2. The first kappa shape index (κ1) is 25.3. The van der Waals surface area contributed by atoms with Crippen LogP contribution in [0.15, 0.2) is 47.4 Å². The number of fused-ring (bicyclic) bond motifs is 1. The molecule has 0 radical (unpaired) electrons. The van der Waals surface area contributed by atoms with Gasteiger partial charge in [-0.1, -0.05) is 12.1 Å². The second-order valence-corrected chi connectivity index (χ2v) is 9.96. The number of alkyl halides is 3. The number of nitrogens with one attached hydrogen (secondary N) is 3. The van der Waals surface area contributed by atoms with Gasteiger partial charge in [-0.05, 0) is 42.8 Å². The van der Waals surface area contributed by atoms with Gasteiger partial charge in [0, 0.05) is 44.4 Å². The summed E-state index contributed by atoms with van der Waals surface area (Å²) < 4.78 is 63.2. The standard InChI is InChI=1S/C22H25F3N4O4S/c1-3-29-13-17(11-20(30)26-2)34(32,33)19-9-6-15(10-18(19)29)21(31)27-12-14-4-7-16(8-5-14)28-22(23,24)25/h4-10,17,28H,3,11-13H2,1-2H3,(H,26,30)(H,27,31). The second kappa shape index (κ2) is 9.92. The Hall–Kier alpha value is -3.28. The van der Waals surface area contributed by atoms with E-state index in [0.717, 1.165) is 0 Å². The van der Waals surface area contributed by atoms with Crippen molar-refractivity contribution in [3.63, 3.8) is 0 Å². The molecule has 3 rings (SSSR count). The lowest BCUT2D eigenvalue weighted by atomic mass is 10.1. The molecule has 1 aliphatic rings. The highest BCUT2D eigenvalue weighted by Gasteiger charge is 2.38. The Balaban J connectivity index is 1.74. The molecule has 34 heavy (non-hydrogen) atoms. The SMILES string of the molecule is CCN1CC(CC(=O)NC)S(=O)(=O)c2ccc(C(=O)NCc3ccc(NC(F)(F)F)cc3)cc21. The van der Waals surface area contributed by atoms with E-state index >= 15 is 0 Å². The number of rotatable bonds is 7. The molecule has 0 fully saturated rings. The van der Waals surface area contributed by atoms with Gasteiger partial charge in [-0.3, -0.25) is 14.9 Å². The van der Waals surface area contributed by atoms with E-state index in [1.54, 1.807) is 0 Å². The zero-order chi connectivity index (χ0) is 25.1. The van der Waals surface area contributed by atoms with Crippen LogP contribution < -0.4 is 20.9 Å². The van der Waals surface area contributed by atoms with Crippen molar-refractivity contribution in [1.82, 2.24) is 10.6 Å². The van der Waals surface area contributed by atoms with Crippen LogP contribution in [0, 0.1) is 0 Å². The van der Waals surface area contributed by atoms with Crippen LogP contribution in [0.25, 0.3) is 0 Å². The van der Waals surface area contributed by atoms with Crippen molar-refractivity contribution < 1.29 is 31.2 Å². The zero-order valence-corrected chi connectivity index (χ0v) is 19.4. The first-order valence-electron chi connectivity index (χ1n) is 10.5. The maximum atomic E-state index is 13.0. The van der Waals surface area contributed by atoms with Crippen LogP contribution >= 0.6 is 0 Å². The number of benzene rings is 2. The van der Waals surface area contributed by atoms with Crippen LogP contribution in [0.4, 0.5) is 24.5 Å². The largest absolute Gasteiger partial charge is 0.482 e. The lowest BCUT2D eigenvalue weighted by Gasteiger charge is -2.35. The minimum atomic E-state index is -4.54. The molecule has 0 saturated heterocycles. The number of nitrogens with zero attached hydrogens (tertiary/aromatic N) is 1. The Morgan fingerprint density at radius 2 is 1.79 bits per heavy atom. The molecule has 2 amide bonds. The van der Waals surface area contributed by atoms with Gasteiger partial charge in [0.1, 0.15) is 0 Å². The summed E-state index contributed by atoms with van der Waals surface area (Å²) in [4.78, 5) is 26.3. The Labute approximate surface area is 195 Å². The maximum Gasteiger partial charge on any atom is 0.482 e. The van der Waals surface area contributed by atoms with E-state index < -0.39 is 27.3 Å². The van der Waals surface area contributed by atoms with Crippen molar-refractivity contribution >= 4 is 33.0 Å². The molecular formula is C22H25F3N4O4S. The van der Waals surface area contributed by atoms with Gasteiger partial charge in [-0.15, -0.1) is 0 Å². The summed E-state index contributed by atoms with van der Waals surface area (Å²) in [6, 6.07) is 9.70.